The normalized spacial score (nSPS) is 18.9. The number of pyridine rings is 1. The molecule has 8 heteroatoms. The van der Waals surface area contributed by atoms with E-state index in [4.69, 9.17) is 0 Å². The Morgan fingerprint density at radius 3 is 2.95 bits per heavy atom. The molecule has 1 unspecified atom stereocenters. The van der Waals surface area contributed by atoms with Crippen molar-refractivity contribution < 1.29 is 9.72 Å². The molecule has 0 radical (unpaired) electrons. The highest BCUT2D eigenvalue weighted by Gasteiger charge is 2.27. The Bertz CT molecular complexity index is 519. The number of piperazine rings is 1. The van der Waals surface area contributed by atoms with Gasteiger partial charge in [-0.3, -0.25) is 14.9 Å². The fourth-order valence-corrected chi connectivity index (χ4v) is 1.98. The predicted molar refractivity (Wildman–Crippen MR) is 70.3 cm³/mol. The first-order chi connectivity index (χ1) is 9.02. The topological polar surface area (TPSA) is 100 Å². The van der Waals surface area contributed by atoms with E-state index in [1.165, 1.54) is 12.1 Å². The maximum absolute atomic E-state index is 11.6. The van der Waals surface area contributed by atoms with Crippen LogP contribution in [0.3, 0.4) is 0 Å². The summed E-state index contributed by atoms with van der Waals surface area (Å²) in [5, 5.41) is 16.4. The number of nitrogens with zero attached hydrogens (tertiary/aromatic N) is 3. The van der Waals surface area contributed by atoms with Gasteiger partial charge in [-0.25, -0.2) is 4.98 Å². The number of nitro groups is 1. The molecule has 2 heterocycles. The number of hydrogen-bond donors (Lipinski definition) is 2. The number of carbonyl (C=O) groups is 1. The summed E-state index contributed by atoms with van der Waals surface area (Å²) >= 11 is 0. The van der Waals surface area contributed by atoms with E-state index in [9.17, 15) is 14.9 Å². The summed E-state index contributed by atoms with van der Waals surface area (Å²) in [6, 6.07) is 2.35. The summed E-state index contributed by atoms with van der Waals surface area (Å²) in [6.07, 6.45) is 0. The maximum Gasteiger partial charge on any atom is 0.276 e. The zero-order valence-electron chi connectivity index (χ0n) is 10.7. The first kappa shape index (κ1) is 13.1. The van der Waals surface area contributed by atoms with E-state index in [0.717, 1.165) is 0 Å². The van der Waals surface area contributed by atoms with Crippen molar-refractivity contribution in [3.63, 3.8) is 0 Å². The average Bonchev–Trinajstić information content (AvgIpc) is 2.41. The summed E-state index contributed by atoms with van der Waals surface area (Å²) in [5.41, 5.74) is -0.0486. The van der Waals surface area contributed by atoms with Crippen LogP contribution in [0.5, 0.6) is 0 Å². The van der Waals surface area contributed by atoms with Gasteiger partial charge in [0.15, 0.2) is 0 Å². The highest BCUT2D eigenvalue weighted by atomic mass is 16.6. The second-order valence-electron chi connectivity index (χ2n) is 4.24. The molecule has 1 saturated heterocycles. The third-order valence-corrected chi connectivity index (χ3v) is 3.06. The first-order valence-electron chi connectivity index (χ1n) is 5.91. The van der Waals surface area contributed by atoms with E-state index in [1.54, 1.807) is 18.9 Å². The monoisotopic (exact) mass is 265 g/mol. The molecule has 1 amide bonds. The minimum absolute atomic E-state index is 0.0486. The van der Waals surface area contributed by atoms with Gasteiger partial charge in [0.05, 0.1) is 17.1 Å². The molecule has 19 heavy (non-hydrogen) atoms. The standard InChI is InChI=1S/C11H15N5O3/c1-7-11(17)13-3-4-15(7)10-6-8(16(18)19)5-9(12-2)14-10/h5-7H,3-4H2,1-2H3,(H,12,14)(H,13,17). The molecule has 0 spiro atoms. The van der Waals surface area contributed by atoms with Crippen LogP contribution in [0, 0.1) is 10.1 Å². The molecule has 0 saturated carbocycles. The molecule has 0 aliphatic carbocycles. The van der Waals surface area contributed by atoms with Crippen molar-refractivity contribution in [3.8, 4) is 0 Å². The van der Waals surface area contributed by atoms with E-state index in [2.05, 4.69) is 15.6 Å². The Morgan fingerprint density at radius 2 is 2.32 bits per heavy atom. The summed E-state index contributed by atoms with van der Waals surface area (Å²) in [6.45, 7) is 2.82. The number of rotatable bonds is 3. The Morgan fingerprint density at radius 1 is 1.58 bits per heavy atom. The quantitative estimate of drug-likeness (QED) is 0.604. The van der Waals surface area contributed by atoms with Gasteiger partial charge in [-0.05, 0) is 6.92 Å². The van der Waals surface area contributed by atoms with Crippen molar-refractivity contribution in [2.45, 2.75) is 13.0 Å². The molecule has 2 rings (SSSR count). The van der Waals surface area contributed by atoms with Crippen LogP contribution in [0.25, 0.3) is 0 Å². The maximum atomic E-state index is 11.6. The van der Waals surface area contributed by atoms with E-state index >= 15 is 0 Å². The first-order valence-corrected chi connectivity index (χ1v) is 5.91. The minimum Gasteiger partial charge on any atom is -0.373 e. The molecule has 1 aromatic heterocycles. The Balaban J connectivity index is 2.40. The number of carbonyl (C=O) groups excluding carboxylic acids is 1. The second kappa shape index (κ2) is 5.09. The number of aromatic nitrogens is 1. The largest absolute Gasteiger partial charge is 0.373 e. The SMILES string of the molecule is CNc1cc([N+](=O)[O-])cc(N2CCNC(=O)C2C)n1. The predicted octanol–water partition coefficient (Wildman–Crippen LogP) is 0.356. The second-order valence-corrected chi connectivity index (χ2v) is 4.24. The summed E-state index contributed by atoms with van der Waals surface area (Å²) in [7, 11) is 1.64. The van der Waals surface area contributed by atoms with Gasteiger partial charge in [-0.1, -0.05) is 0 Å². The van der Waals surface area contributed by atoms with Crippen molar-refractivity contribution in [1.29, 1.82) is 0 Å². The molecule has 102 valence electrons. The Hall–Kier alpha value is -2.38. The number of anilines is 2. The molecular formula is C11H15N5O3. The van der Waals surface area contributed by atoms with Gasteiger partial charge in [0, 0.05) is 20.1 Å². The van der Waals surface area contributed by atoms with Gasteiger partial charge in [0.2, 0.25) is 5.91 Å². The lowest BCUT2D eigenvalue weighted by molar-refractivity contribution is -0.384. The molecule has 0 bridgehead atoms. The van der Waals surface area contributed by atoms with Crippen LogP contribution >= 0.6 is 0 Å². The number of nitrogens with one attached hydrogen (secondary N) is 2. The summed E-state index contributed by atoms with van der Waals surface area (Å²) in [4.78, 5) is 28.1. The highest BCUT2D eigenvalue weighted by molar-refractivity contribution is 5.86. The molecule has 1 aliphatic heterocycles. The van der Waals surface area contributed by atoms with Crippen molar-refractivity contribution in [1.82, 2.24) is 10.3 Å². The molecular weight excluding hydrogens is 250 g/mol. The molecule has 0 aromatic carbocycles. The van der Waals surface area contributed by atoms with Gasteiger partial charge < -0.3 is 15.5 Å². The fraction of sp³-hybridized carbons (Fsp3) is 0.455. The summed E-state index contributed by atoms with van der Waals surface area (Å²) in [5.74, 6) is 0.730. The van der Waals surface area contributed by atoms with Crippen LogP contribution in [0.15, 0.2) is 12.1 Å². The average molecular weight is 265 g/mol. The van der Waals surface area contributed by atoms with Gasteiger partial charge in [0.25, 0.3) is 5.69 Å². The fourth-order valence-electron chi connectivity index (χ4n) is 1.98. The van der Waals surface area contributed by atoms with Gasteiger partial charge in [0.1, 0.15) is 17.7 Å². The van der Waals surface area contributed by atoms with E-state index in [1.807, 2.05) is 0 Å². The molecule has 1 aromatic rings. The van der Waals surface area contributed by atoms with Crippen molar-refractivity contribution in [3.05, 3.63) is 22.2 Å². The van der Waals surface area contributed by atoms with Crippen LogP contribution in [-0.2, 0) is 4.79 Å². The highest BCUT2D eigenvalue weighted by Crippen LogP contribution is 2.25. The minimum atomic E-state index is -0.472. The zero-order valence-corrected chi connectivity index (χ0v) is 10.7. The van der Waals surface area contributed by atoms with Crippen LogP contribution < -0.4 is 15.5 Å². The third kappa shape index (κ3) is 2.56. The Labute approximate surface area is 110 Å². The number of hydrogen-bond acceptors (Lipinski definition) is 6. The lowest BCUT2D eigenvalue weighted by Crippen LogP contribution is -2.54. The summed E-state index contributed by atoms with van der Waals surface area (Å²) < 4.78 is 0. The van der Waals surface area contributed by atoms with Crippen LogP contribution in [-0.4, -0.2) is 42.0 Å². The third-order valence-electron chi connectivity index (χ3n) is 3.06. The molecule has 2 N–H and O–H groups in total. The van der Waals surface area contributed by atoms with E-state index in [0.29, 0.717) is 24.7 Å². The van der Waals surface area contributed by atoms with Crippen molar-refractivity contribution in [2.75, 3.05) is 30.4 Å². The van der Waals surface area contributed by atoms with Gasteiger partial charge in [-0.15, -0.1) is 0 Å². The smallest absolute Gasteiger partial charge is 0.276 e. The van der Waals surface area contributed by atoms with Crippen LogP contribution in [0.4, 0.5) is 17.3 Å². The van der Waals surface area contributed by atoms with Gasteiger partial charge in [-0.2, -0.15) is 0 Å². The van der Waals surface area contributed by atoms with Crippen molar-refractivity contribution >= 4 is 23.2 Å². The van der Waals surface area contributed by atoms with Crippen LogP contribution in [0.1, 0.15) is 6.92 Å². The van der Waals surface area contributed by atoms with Crippen LogP contribution in [0.2, 0.25) is 0 Å². The van der Waals surface area contributed by atoms with Gasteiger partial charge >= 0.3 is 0 Å². The Kier molecular flexibility index (Phi) is 3.50. The number of amides is 1. The zero-order chi connectivity index (χ0) is 14.0. The van der Waals surface area contributed by atoms with E-state index < -0.39 is 11.0 Å². The molecule has 1 fully saturated rings. The van der Waals surface area contributed by atoms with E-state index in [-0.39, 0.29) is 11.6 Å². The lowest BCUT2D eigenvalue weighted by atomic mass is 10.2. The molecule has 1 aliphatic rings. The van der Waals surface area contributed by atoms with Crippen molar-refractivity contribution in [2.24, 2.45) is 0 Å². The lowest BCUT2D eigenvalue weighted by Gasteiger charge is -2.33. The molecule has 1 atom stereocenters. The molecule has 8 nitrogen and oxygen atoms in total.